The molecule has 0 atom stereocenters. The Morgan fingerprint density at radius 3 is 2.06 bits per heavy atom. The summed E-state index contributed by atoms with van der Waals surface area (Å²) in [5.41, 5.74) is 3.87. The zero-order chi connectivity index (χ0) is 23.5. The monoisotopic (exact) mass is 435 g/mol. The average molecular weight is 436 g/mol. The van der Waals surface area contributed by atoms with Gasteiger partial charge >= 0.3 is 6.09 Å². The predicted molar refractivity (Wildman–Crippen MR) is 129 cm³/mol. The highest BCUT2D eigenvalue weighted by atomic mass is 16.6. The summed E-state index contributed by atoms with van der Waals surface area (Å²) in [5.74, 6) is -0.132. The van der Waals surface area contributed by atoms with E-state index in [1.54, 1.807) is 17.0 Å². The van der Waals surface area contributed by atoms with Gasteiger partial charge in [-0.2, -0.15) is 0 Å². The lowest BCUT2D eigenvalue weighted by molar-refractivity contribution is 0.0577. The number of ether oxygens (including phenoxy) is 1. The van der Waals surface area contributed by atoms with Gasteiger partial charge in [0.2, 0.25) is 0 Å². The van der Waals surface area contributed by atoms with Crippen molar-refractivity contribution in [3.63, 3.8) is 0 Å². The molecule has 1 aliphatic heterocycles. The van der Waals surface area contributed by atoms with Gasteiger partial charge in [0.25, 0.3) is 5.91 Å². The van der Waals surface area contributed by atoms with E-state index in [1.165, 1.54) is 5.56 Å². The Hall–Kier alpha value is -3.15. The van der Waals surface area contributed by atoms with Crippen molar-refractivity contribution in [1.82, 2.24) is 5.32 Å². The Morgan fingerprint density at radius 1 is 0.969 bits per heavy atom. The lowest BCUT2D eigenvalue weighted by Crippen LogP contribution is -2.36. The summed E-state index contributed by atoms with van der Waals surface area (Å²) in [6, 6.07) is 15.3. The zero-order valence-corrected chi connectivity index (χ0v) is 19.9. The van der Waals surface area contributed by atoms with Gasteiger partial charge in [-0.3, -0.25) is 14.7 Å². The molecule has 0 aromatic heterocycles. The minimum Gasteiger partial charge on any atom is -0.443 e. The van der Waals surface area contributed by atoms with E-state index in [4.69, 9.17) is 4.74 Å². The van der Waals surface area contributed by atoms with Gasteiger partial charge in [-0.05, 0) is 61.6 Å². The zero-order valence-electron chi connectivity index (χ0n) is 19.9. The molecule has 0 bridgehead atoms. The molecule has 1 aliphatic rings. The molecule has 0 fully saturated rings. The molecule has 2 amide bonds. The number of hydrogen-bond acceptors (Lipinski definition) is 4. The molecule has 0 saturated carbocycles. The second-order valence-corrected chi connectivity index (χ2v) is 10.1. The van der Waals surface area contributed by atoms with Crippen LogP contribution < -0.4 is 10.2 Å². The number of carbonyl (C=O) groups is 2. The van der Waals surface area contributed by atoms with E-state index in [-0.39, 0.29) is 11.3 Å². The maximum Gasteiger partial charge on any atom is 0.415 e. The number of rotatable bonds is 6. The first kappa shape index (κ1) is 23.5. The van der Waals surface area contributed by atoms with Crippen LogP contribution in [0.1, 0.15) is 63.0 Å². The van der Waals surface area contributed by atoms with E-state index in [9.17, 15) is 9.59 Å². The molecule has 0 radical (unpaired) electrons. The number of hydrogen-bond donors (Lipinski definition) is 1. The lowest BCUT2D eigenvalue weighted by Gasteiger charge is -2.28. The van der Waals surface area contributed by atoms with E-state index < -0.39 is 11.7 Å². The Bertz CT molecular complexity index is 995. The summed E-state index contributed by atoms with van der Waals surface area (Å²) < 4.78 is 5.66. The summed E-state index contributed by atoms with van der Waals surface area (Å²) >= 11 is 0. The quantitative estimate of drug-likeness (QED) is 0.685. The summed E-state index contributed by atoms with van der Waals surface area (Å²) in [6.07, 6.45) is -0.409. The molecule has 1 heterocycles. The molecule has 6 heteroatoms. The minimum absolute atomic E-state index is 0.0256. The highest BCUT2D eigenvalue weighted by molar-refractivity contribution is 6.02. The third-order valence-corrected chi connectivity index (χ3v) is 5.05. The van der Waals surface area contributed by atoms with Crippen LogP contribution in [0.3, 0.4) is 0 Å². The van der Waals surface area contributed by atoms with Gasteiger partial charge in [-0.25, -0.2) is 4.79 Å². The number of nitrogens with zero attached hydrogens (tertiary/aromatic N) is 2. The third kappa shape index (κ3) is 6.67. The normalized spacial score (nSPS) is 13.2. The van der Waals surface area contributed by atoms with Crippen LogP contribution >= 0.6 is 0 Å². The van der Waals surface area contributed by atoms with Gasteiger partial charge in [-0.15, -0.1) is 0 Å². The number of nitrogens with one attached hydrogen (secondary N) is 1. The molecule has 3 rings (SSSR count). The van der Waals surface area contributed by atoms with E-state index in [0.717, 1.165) is 23.5 Å². The van der Waals surface area contributed by atoms with Crippen molar-refractivity contribution >= 4 is 23.4 Å². The van der Waals surface area contributed by atoms with Crippen LogP contribution in [-0.2, 0) is 16.7 Å². The number of carbonyl (C=O) groups excluding carboxylic acids is 2. The second-order valence-electron chi connectivity index (χ2n) is 10.1. The summed E-state index contributed by atoms with van der Waals surface area (Å²) in [7, 11) is 0. The Labute approximate surface area is 190 Å². The maximum atomic E-state index is 13.0. The summed E-state index contributed by atoms with van der Waals surface area (Å²) in [4.78, 5) is 30.9. The molecule has 1 N–H and O–H groups in total. The SMILES string of the molecule is CC(C)(C)OC(=O)N(Cc1ccc(C(=O)NCC2=NC2)cc1)c1ccc(C(C)(C)C)cc1. The molecule has 0 unspecified atom stereocenters. The topological polar surface area (TPSA) is 71.0 Å². The molecular weight excluding hydrogens is 402 g/mol. The first-order valence-corrected chi connectivity index (χ1v) is 10.9. The fourth-order valence-corrected chi connectivity index (χ4v) is 3.12. The predicted octanol–water partition coefficient (Wildman–Crippen LogP) is 5.11. The van der Waals surface area contributed by atoms with Crippen molar-refractivity contribution < 1.29 is 14.3 Å². The van der Waals surface area contributed by atoms with Crippen LogP contribution in [0.4, 0.5) is 10.5 Å². The molecule has 2 aromatic carbocycles. The van der Waals surface area contributed by atoms with Crippen molar-refractivity contribution in [2.45, 2.75) is 59.1 Å². The number of amides is 2. The van der Waals surface area contributed by atoms with Crippen molar-refractivity contribution in [1.29, 1.82) is 0 Å². The fourth-order valence-electron chi connectivity index (χ4n) is 3.12. The van der Waals surface area contributed by atoms with Gasteiger partial charge in [0, 0.05) is 11.3 Å². The molecular formula is C26H33N3O3. The van der Waals surface area contributed by atoms with Crippen molar-refractivity contribution in [2.24, 2.45) is 4.99 Å². The van der Waals surface area contributed by atoms with Gasteiger partial charge in [-0.1, -0.05) is 45.0 Å². The standard InChI is InChI=1S/C26H33N3O3/c1-25(2,3)20-11-13-22(14-12-20)29(24(31)32-26(4,5)6)17-18-7-9-19(10-8-18)23(30)28-16-21-15-27-21/h7-14H,15-17H2,1-6H3,(H,28,30). The lowest BCUT2D eigenvalue weighted by atomic mass is 9.87. The molecule has 0 aliphatic carbocycles. The molecule has 32 heavy (non-hydrogen) atoms. The third-order valence-electron chi connectivity index (χ3n) is 5.05. The molecule has 0 saturated heterocycles. The van der Waals surface area contributed by atoms with Crippen LogP contribution in [0, 0.1) is 0 Å². The van der Waals surface area contributed by atoms with Crippen molar-refractivity contribution in [3.8, 4) is 0 Å². The first-order valence-electron chi connectivity index (χ1n) is 10.9. The van der Waals surface area contributed by atoms with Crippen molar-refractivity contribution in [2.75, 3.05) is 18.0 Å². The highest BCUT2D eigenvalue weighted by Gasteiger charge is 2.24. The molecule has 170 valence electrons. The van der Waals surface area contributed by atoms with Crippen LogP contribution in [0.5, 0.6) is 0 Å². The Kier molecular flexibility index (Phi) is 6.72. The molecule has 2 aromatic rings. The van der Waals surface area contributed by atoms with Crippen molar-refractivity contribution in [3.05, 3.63) is 65.2 Å². The second kappa shape index (κ2) is 9.15. The molecule has 0 spiro atoms. The maximum absolute atomic E-state index is 13.0. The highest BCUT2D eigenvalue weighted by Crippen LogP contribution is 2.27. The van der Waals surface area contributed by atoms with E-state index in [1.807, 2.05) is 57.2 Å². The number of aliphatic imine (C=N–C) groups is 1. The van der Waals surface area contributed by atoms with Crippen LogP contribution in [0.25, 0.3) is 0 Å². The summed E-state index contributed by atoms with van der Waals surface area (Å²) in [5, 5.41) is 2.85. The first-order chi connectivity index (χ1) is 14.9. The van der Waals surface area contributed by atoms with E-state index >= 15 is 0 Å². The van der Waals surface area contributed by atoms with E-state index in [2.05, 4.69) is 31.1 Å². The van der Waals surface area contributed by atoms with Crippen LogP contribution in [-0.4, -0.2) is 36.4 Å². The van der Waals surface area contributed by atoms with Gasteiger partial charge in [0.15, 0.2) is 0 Å². The van der Waals surface area contributed by atoms with Gasteiger partial charge < -0.3 is 10.1 Å². The van der Waals surface area contributed by atoms with Crippen LogP contribution in [0.15, 0.2) is 53.5 Å². The van der Waals surface area contributed by atoms with Gasteiger partial charge in [0.05, 0.1) is 25.3 Å². The van der Waals surface area contributed by atoms with Gasteiger partial charge in [0.1, 0.15) is 5.60 Å². The Morgan fingerprint density at radius 2 is 1.56 bits per heavy atom. The minimum atomic E-state index is -0.603. The number of anilines is 1. The largest absolute Gasteiger partial charge is 0.443 e. The molecule has 6 nitrogen and oxygen atoms in total. The smallest absolute Gasteiger partial charge is 0.415 e. The average Bonchev–Trinajstić information content (AvgIpc) is 3.53. The fraction of sp³-hybridized carbons (Fsp3) is 0.423. The van der Waals surface area contributed by atoms with E-state index in [0.29, 0.717) is 18.7 Å². The number of benzene rings is 2. The van der Waals surface area contributed by atoms with Crippen LogP contribution in [0.2, 0.25) is 0 Å². The Balaban J connectivity index is 1.78. The summed E-state index contributed by atoms with van der Waals surface area (Å²) in [6.45, 7) is 13.6.